The molecule has 18 nitrogen and oxygen atoms in total. The molecular formula is C33H27F4N7O11S. The molecule has 3 aliphatic rings. The first-order valence-corrected chi connectivity index (χ1v) is 17.3. The number of carbonyl (C=O) groups is 5. The molecule has 3 N–H and O–H groups in total. The molecule has 0 spiro atoms. The Kier molecular flexibility index (Phi) is 11.4. The molecule has 1 aromatic carbocycles. The highest BCUT2D eigenvalue weighted by Crippen LogP contribution is 2.42. The van der Waals surface area contributed by atoms with Crippen molar-refractivity contribution in [2.24, 2.45) is 0 Å². The summed E-state index contributed by atoms with van der Waals surface area (Å²) < 4.78 is 94.1. The number of anilines is 3. The van der Waals surface area contributed by atoms with Crippen LogP contribution in [-0.4, -0.2) is 85.6 Å². The van der Waals surface area contributed by atoms with Gasteiger partial charge in [0.2, 0.25) is 17.7 Å². The predicted octanol–water partition coefficient (Wildman–Crippen LogP) is 3.04. The Balaban J connectivity index is 0.000000216. The smallest absolute Gasteiger partial charge is 0.433 e. The minimum atomic E-state index is -5.14. The Hall–Kier alpha value is -6.83. The third kappa shape index (κ3) is 8.28. The average molecular weight is 806 g/mol. The fraction of sp³-hybridized carbons (Fsp3) is 0.273. The lowest BCUT2D eigenvalue weighted by molar-refractivity contribution is -0.141. The molecule has 23 heteroatoms. The van der Waals surface area contributed by atoms with Crippen LogP contribution in [-0.2, 0) is 30.6 Å². The lowest BCUT2D eigenvalue weighted by Crippen LogP contribution is -2.39. The molecule has 2 aromatic heterocycles. The van der Waals surface area contributed by atoms with E-state index in [9.17, 15) is 50.0 Å². The molecule has 0 saturated carbocycles. The van der Waals surface area contributed by atoms with Gasteiger partial charge in [-0.25, -0.2) is 28.6 Å². The fourth-order valence-corrected chi connectivity index (χ4v) is 6.59. The van der Waals surface area contributed by atoms with Crippen LogP contribution in [0.4, 0.5) is 39.7 Å². The van der Waals surface area contributed by atoms with Crippen molar-refractivity contribution in [1.82, 2.24) is 19.7 Å². The maximum Gasteiger partial charge on any atom is 0.433 e. The number of pyridine rings is 1. The second-order valence-corrected chi connectivity index (χ2v) is 13.1. The van der Waals surface area contributed by atoms with Crippen molar-refractivity contribution in [1.29, 1.82) is 0 Å². The standard InChI is InChI=1S/C19H15FN2O4.C14H12F3N5O7S/c1-2-7-21-15-9-14(13(20)8-16(15)26-10-17(21)23)22-18(24)11-5-3-4-6-12(11)19(22)25;1-28-8-5-9(29-2)20-12(19-8)21-13(25)22-30(26,27)10-6(11(23)24)3-4-7(18-10)14(15,16)17/h1,8-9H,3-7,10H2;3-5H,1-2H3,(H,23,24)(H2,19,20,21,22,25). The Morgan fingerprint density at radius 3 is 2.12 bits per heavy atom. The van der Waals surface area contributed by atoms with Gasteiger partial charge < -0.3 is 19.3 Å². The molecule has 4 heterocycles. The molecule has 3 aromatic rings. The zero-order valence-corrected chi connectivity index (χ0v) is 29.7. The van der Waals surface area contributed by atoms with Gasteiger partial charge in [0.15, 0.2) is 17.5 Å². The topological polar surface area (TPSA) is 237 Å². The summed E-state index contributed by atoms with van der Waals surface area (Å²) >= 11 is 0. The summed E-state index contributed by atoms with van der Waals surface area (Å²) in [5, 5.41) is 9.44. The van der Waals surface area contributed by atoms with Crippen LogP contribution in [0, 0.1) is 18.2 Å². The molecule has 56 heavy (non-hydrogen) atoms. The number of halogens is 4. The number of aromatic nitrogens is 3. The molecule has 1 aliphatic carbocycles. The summed E-state index contributed by atoms with van der Waals surface area (Å²) in [6.07, 6.45) is 2.95. The third-order valence-corrected chi connectivity index (χ3v) is 9.31. The van der Waals surface area contributed by atoms with Gasteiger partial charge in [0, 0.05) is 17.2 Å². The van der Waals surface area contributed by atoms with Crippen molar-refractivity contribution in [2.45, 2.75) is 36.9 Å². The van der Waals surface area contributed by atoms with Gasteiger partial charge in [-0.15, -0.1) is 6.42 Å². The Bertz CT molecular complexity index is 2300. The number of imide groups is 1. The van der Waals surface area contributed by atoms with Crippen molar-refractivity contribution in [3.63, 3.8) is 0 Å². The van der Waals surface area contributed by atoms with Gasteiger partial charge in [-0.1, -0.05) is 5.92 Å². The Labute approximate surface area is 313 Å². The van der Waals surface area contributed by atoms with Gasteiger partial charge in [0.05, 0.1) is 43.8 Å². The van der Waals surface area contributed by atoms with Crippen LogP contribution in [0.1, 0.15) is 41.7 Å². The number of alkyl halides is 3. The number of carboxylic acid groups (broad SMARTS) is 1. The summed E-state index contributed by atoms with van der Waals surface area (Å²) in [4.78, 5) is 73.0. The van der Waals surface area contributed by atoms with E-state index in [0.717, 1.165) is 23.8 Å². The molecular weight excluding hydrogens is 778 g/mol. The number of nitrogens with zero attached hydrogens (tertiary/aromatic N) is 5. The number of nitrogens with one attached hydrogen (secondary N) is 2. The summed E-state index contributed by atoms with van der Waals surface area (Å²) in [7, 11) is -2.66. The quantitative estimate of drug-likeness (QED) is 0.169. The van der Waals surface area contributed by atoms with Crippen LogP contribution in [0.2, 0.25) is 0 Å². The van der Waals surface area contributed by atoms with Crippen molar-refractivity contribution in [3.05, 3.63) is 58.6 Å². The van der Waals surface area contributed by atoms with Crippen molar-refractivity contribution >= 4 is 57.1 Å². The average Bonchev–Trinajstić information content (AvgIpc) is 3.40. The molecule has 0 radical (unpaired) electrons. The van der Waals surface area contributed by atoms with E-state index in [-0.39, 0.29) is 47.9 Å². The molecule has 0 saturated heterocycles. The number of benzene rings is 1. The highest BCUT2D eigenvalue weighted by Gasteiger charge is 2.42. The van der Waals surface area contributed by atoms with E-state index in [1.807, 2.05) is 5.32 Å². The number of carbonyl (C=O) groups excluding carboxylic acids is 4. The lowest BCUT2D eigenvalue weighted by atomic mass is 9.93. The number of hydrogen-bond acceptors (Lipinski definition) is 13. The number of methoxy groups -OCH3 is 2. The minimum Gasteiger partial charge on any atom is -0.481 e. The van der Waals surface area contributed by atoms with Crippen LogP contribution in [0.3, 0.4) is 0 Å². The molecule has 2 aliphatic heterocycles. The van der Waals surface area contributed by atoms with Crippen LogP contribution < -0.4 is 34.0 Å². The number of carboxylic acids is 1. The van der Waals surface area contributed by atoms with Crippen LogP contribution in [0.15, 0.2) is 46.5 Å². The van der Waals surface area contributed by atoms with E-state index in [1.54, 1.807) is 0 Å². The summed E-state index contributed by atoms with van der Waals surface area (Å²) in [6, 6.07) is 2.79. The van der Waals surface area contributed by atoms with Crippen molar-refractivity contribution in [3.8, 4) is 29.9 Å². The number of ether oxygens (including phenoxy) is 3. The predicted molar refractivity (Wildman–Crippen MR) is 182 cm³/mol. The number of terminal acetylenes is 1. The largest absolute Gasteiger partial charge is 0.481 e. The molecule has 0 fully saturated rings. The minimum absolute atomic E-state index is 0.0170. The molecule has 6 rings (SSSR count). The van der Waals surface area contributed by atoms with E-state index >= 15 is 0 Å². The summed E-state index contributed by atoms with van der Waals surface area (Å²) in [5.41, 5.74) is -1.76. The van der Waals surface area contributed by atoms with E-state index < -0.39 is 68.1 Å². The lowest BCUT2D eigenvalue weighted by Gasteiger charge is -2.29. The monoisotopic (exact) mass is 805 g/mol. The van der Waals surface area contributed by atoms with Gasteiger partial charge in [0.25, 0.3) is 27.7 Å². The number of sulfonamides is 1. The van der Waals surface area contributed by atoms with Crippen LogP contribution in [0.25, 0.3) is 0 Å². The maximum atomic E-state index is 14.7. The number of hydrogen-bond donors (Lipinski definition) is 3. The van der Waals surface area contributed by atoms with Crippen molar-refractivity contribution in [2.75, 3.05) is 42.5 Å². The summed E-state index contributed by atoms with van der Waals surface area (Å²) in [6.45, 7) is -0.262. The molecule has 0 unspecified atom stereocenters. The van der Waals surface area contributed by atoms with E-state index in [2.05, 4.69) is 20.9 Å². The highest BCUT2D eigenvalue weighted by atomic mass is 32.2. The Morgan fingerprint density at radius 2 is 1.59 bits per heavy atom. The Morgan fingerprint density at radius 1 is 0.982 bits per heavy atom. The normalized spacial score (nSPS) is 15.1. The zero-order valence-electron chi connectivity index (χ0n) is 28.9. The number of rotatable bonds is 8. The second-order valence-electron chi connectivity index (χ2n) is 11.5. The first-order valence-electron chi connectivity index (χ1n) is 15.8. The van der Waals surface area contributed by atoms with Gasteiger partial charge in [-0.2, -0.15) is 31.6 Å². The number of urea groups is 1. The van der Waals surface area contributed by atoms with Crippen LogP contribution in [0.5, 0.6) is 17.5 Å². The van der Waals surface area contributed by atoms with Gasteiger partial charge >= 0.3 is 18.2 Å². The van der Waals surface area contributed by atoms with Crippen LogP contribution >= 0.6 is 0 Å². The SMILES string of the molecule is C#CCN1C(=O)COc2cc(F)c(N3C(=O)C4=C(CCCC4)C3=O)cc21.COc1cc(OC)nc(NC(=O)NS(=O)(=O)c2nc(C(F)(F)F)ccc2C(=O)O)n1. The first kappa shape index (κ1) is 40.4. The molecule has 0 bridgehead atoms. The van der Waals surface area contributed by atoms with Gasteiger partial charge in [0.1, 0.15) is 11.4 Å². The van der Waals surface area contributed by atoms with Gasteiger partial charge in [-0.05, 0) is 43.9 Å². The van der Waals surface area contributed by atoms with E-state index in [4.69, 9.17) is 25.7 Å². The highest BCUT2D eigenvalue weighted by molar-refractivity contribution is 7.90. The molecule has 0 atom stereocenters. The molecule has 5 amide bonds. The third-order valence-electron chi connectivity index (χ3n) is 8.04. The maximum absolute atomic E-state index is 14.7. The van der Waals surface area contributed by atoms with Crippen molar-refractivity contribution < 1.29 is 69.3 Å². The van der Waals surface area contributed by atoms with Gasteiger partial charge in [-0.3, -0.25) is 24.6 Å². The second kappa shape index (κ2) is 15.9. The number of amides is 5. The molecule has 294 valence electrons. The van der Waals surface area contributed by atoms with E-state index in [1.165, 1.54) is 36.0 Å². The first-order chi connectivity index (χ1) is 26.4. The number of fused-ring (bicyclic) bond motifs is 1. The number of aromatic carboxylic acids is 1. The summed E-state index contributed by atoms with van der Waals surface area (Å²) in [5.74, 6) is -2.07. The van der Waals surface area contributed by atoms with E-state index in [0.29, 0.717) is 36.1 Å². The zero-order chi connectivity index (χ0) is 41.1. The fourth-order valence-electron chi connectivity index (χ4n) is 5.54.